The molecular formula is C9H16BNO2. The van der Waals surface area contributed by atoms with Crippen molar-refractivity contribution in [2.75, 3.05) is 6.54 Å². The van der Waals surface area contributed by atoms with E-state index in [1.165, 1.54) is 25.7 Å². The second kappa shape index (κ2) is 3.01. The summed E-state index contributed by atoms with van der Waals surface area (Å²) < 4.78 is 0. The molecule has 2 rings (SSSR count). The maximum Gasteiger partial charge on any atom is 0.319 e. The highest BCUT2D eigenvalue weighted by atomic mass is 16.4. The van der Waals surface area contributed by atoms with Gasteiger partial charge in [0.1, 0.15) is 0 Å². The summed E-state index contributed by atoms with van der Waals surface area (Å²) in [5.41, 5.74) is 0.359. The van der Waals surface area contributed by atoms with E-state index in [4.69, 9.17) is 5.11 Å². The molecule has 2 fully saturated rings. The summed E-state index contributed by atoms with van der Waals surface area (Å²) >= 11 is 0. The van der Waals surface area contributed by atoms with Gasteiger partial charge in [0.15, 0.2) is 7.98 Å². The van der Waals surface area contributed by atoms with Gasteiger partial charge in [0.2, 0.25) is 0 Å². The van der Waals surface area contributed by atoms with Gasteiger partial charge in [-0.2, -0.15) is 0 Å². The van der Waals surface area contributed by atoms with Crippen LogP contribution in [-0.2, 0) is 4.79 Å². The molecule has 1 saturated heterocycles. The van der Waals surface area contributed by atoms with E-state index in [1.54, 1.807) is 0 Å². The standard InChI is InChI=1S/C9H16BNO2/c10-11-6-9(3-1-2-4-9)5-7(11)8(12)13/h7H,1-6,10H2,(H,12,13). The van der Waals surface area contributed by atoms with Gasteiger partial charge in [0.25, 0.3) is 0 Å². The number of hydrogen-bond acceptors (Lipinski definition) is 2. The van der Waals surface area contributed by atoms with Gasteiger partial charge in [-0.05, 0) is 31.2 Å². The van der Waals surface area contributed by atoms with Gasteiger partial charge in [-0.25, -0.2) is 0 Å². The molecule has 0 aromatic carbocycles. The second-order valence-electron chi connectivity index (χ2n) is 4.68. The fraction of sp³-hybridized carbons (Fsp3) is 0.889. The molecule has 0 bridgehead atoms. The lowest BCUT2D eigenvalue weighted by molar-refractivity contribution is -0.140. The molecule has 72 valence electrons. The third-order valence-corrected chi connectivity index (χ3v) is 3.69. The molecule has 1 unspecified atom stereocenters. The van der Waals surface area contributed by atoms with E-state index in [0.29, 0.717) is 5.41 Å². The van der Waals surface area contributed by atoms with E-state index in [2.05, 4.69) is 0 Å². The number of carboxylic acid groups (broad SMARTS) is 1. The summed E-state index contributed by atoms with van der Waals surface area (Å²) in [5, 5.41) is 8.99. The molecule has 1 aliphatic carbocycles. The topological polar surface area (TPSA) is 40.5 Å². The van der Waals surface area contributed by atoms with E-state index in [9.17, 15) is 4.79 Å². The van der Waals surface area contributed by atoms with Gasteiger partial charge < -0.3 is 9.92 Å². The van der Waals surface area contributed by atoms with Crippen LogP contribution in [0, 0.1) is 5.41 Å². The highest BCUT2D eigenvalue weighted by Crippen LogP contribution is 2.46. The predicted octanol–water partition coefficient (Wildman–Crippen LogP) is 0.254. The summed E-state index contributed by atoms with van der Waals surface area (Å²) in [6, 6.07) is -0.224. The summed E-state index contributed by atoms with van der Waals surface area (Å²) in [5.74, 6) is -0.647. The molecule has 1 aliphatic heterocycles. The molecule has 1 atom stereocenters. The molecule has 3 nitrogen and oxygen atoms in total. The number of carbonyl (C=O) groups is 1. The Kier molecular flexibility index (Phi) is 2.10. The minimum Gasteiger partial charge on any atom is -0.480 e. The lowest BCUT2D eigenvalue weighted by Crippen LogP contribution is -2.33. The molecule has 1 N–H and O–H groups in total. The number of aliphatic carboxylic acids is 1. The van der Waals surface area contributed by atoms with Gasteiger partial charge in [0.05, 0.1) is 6.04 Å². The fourth-order valence-electron chi connectivity index (χ4n) is 3.03. The Hall–Kier alpha value is -0.505. The second-order valence-corrected chi connectivity index (χ2v) is 4.68. The van der Waals surface area contributed by atoms with Crippen molar-refractivity contribution in [1.82, 2.24) is 4.81 Å². The average Bonchev–Trinajstić information content (AvgIpc) is 2.60. The maximum atomic E-state index is 10.9. The molecule has 0 radical (unpaired) electrons. The lowest BCUT2D eigenvalue weighted by Gasteiger charge is -2.21. The monoisotopic (exact) mass is 181 g/mol. The first-order valence-electron chi connectivity index (χ1n) is 5.06. The molecule has 4 heteroatoms. The minimum absolute atomic E-state index is 0.224. The van der Waals surface area contributed by atoms with Gasteiger partial charge >= 0.3 is 5.97 Å². The number of rotatable bonds is 1. The van der Waals surface area contributed by atoms with Crippen LogP contribution in [0.1, 0.15) is 32.1 Å². The van der Waals surface area contributed by atoms with Crippen LogP contribution in [0.4, 0.5) is 0 Å². The zero-order valence-electron chi connectivity index (χ0n) is 8.12. The summed E-state index contributed by atoms with van der Waals surface area (Å²) in [7, 11) is 1.94. The van der Waals surface area contributed by atoms with E-state index >= 15 is 0 Å². The molecule has 1 heterocycles. The average molecular weight is 181 g/mol. The lowest BCUT2D eigenvalue weighted by atomic mass is 9.84. The first-order chi connectivity index (χ1) is 6.13. The maximum absolute atomic E-state index is 10.9. The van der Waals surface area contributed by atoms with Crippen LogP contribution >= 0.6 is 0 Å². The Labute approximate surface area is 79.5 Å². The molecule has 13 heavy (non-hydrogen) atoms. The number of carboxylic acids is 1. The van der Waals surface area contributed by atoms with Crippen molar-refractivity contribution in [2.24, 2.45) is 5.41 Å². The smallest absolute Gasteiger partial charge is 0.319 e. The van der Waals surface area contributed by atoms with Crippen LogP contribution in [-0.4, -0.2) is 36.5 Å². The first kappa shape index (κ1) is 9.07. The third-order valence-electron chi connectivity index (χ3n) is 3.69. The molecule has 1 saturated carbocycles. The zero-order chi connectivity index (χ0) is 9.47. The number of nitrogens with zero attached hydrogens (tertiary/aromatic N) is 1. The Morgan fingerprint density at radius 3 is 2.54 bits per heavy atom. The normalized spacial score (nSPS) is 32.8. The Balaban J connectivity index is 2.09. The van der Waals surface area contributed by atoms with E-state index in [1.807, 2.05) is 12.8 Å². The van der Waals surface area contributed by atoms with Crippen LogP contribution in [0.3, 0.4) is 0 Å². The summed E-state index contributed by atoms with van der Waals surface area (Å²) in [6.45, 7) is 0.990. The minimum atomic E-state index is -0.647. The molecule has 1 spiro atoms. The van der Waals surface area contributed by atoms with Crippen molar-refractivity contribution < 1.29 is 9.90 Å². The van der Waals surface area contributed by atoms with Crippen LogP contribution in [0.2, 0.25) is 0 Å². The molecule has 0 amide bonds. The molecular weight excluding hydrogens is 165 g/mol. The van der Waals surface area contributed by atoms with E-state index < -0.39 is 5.97 Å². The molecule has 0 aromatic heterocycles. The highest BCUT2D eigenvalue weighted by Gasteiger charge is 2.46. The van der Waals surface area contributed by atoms with E-state index in [-0.39, 0.29) is 6.04 Å². The SMILES string of the molecule is BN1CC2(CCCC2)CC1C(=O)O. The van der Waals surface area contributed by atoms with Crippen molar-refractivity contribution in [3.05, 3.63) is 0 Å². The molecule has 2 aliphatic rings. The van der Waals surface area contributed by atoms with Gasteiger partial charge in [-0.3, -0.25) is 4.79 Å². The quantitative estimate of drug-likeness (QED) is 0.589. The third kappa shape index (κ3) is 1.48. The number of hydrogen-bond donors (Lipinski definition) is 1. The largest absolute Gasteiger partial charge is 0.480 e. The van der Waals surface area contributed by atoms with Crippen LogP contribution in [0.5, 0.6) is 0 Å². The van der Waals surface area contributed by atoms with Crippen molar-refractivity contribution in [3.63, 3.8) is 0 Å². The Morgan fingerprint density at radius 1 is 1.46 bits per heavy atom. The van der Waals surface area contributed by atoms with Crippen LogP contribution in [0.15, 0.2) is 0 Å². The molecule has 0 aromatic rings. The Bertz CT molecular complexity index is 226. The van der Waals surface area contributed by atoms with Gasteiger partial charge in [-0.15, -0.1) is 0 Å². The van der Waals surface area contributed by atoms with E-state index in [0.717, 1.165) is 13.0 Å². The van der Waals surface area contributed by atoms with Crippen molar-refractivity contribution in [2.45, 2.75) is 38.1 Å². The van der Waals surface area contributed by atoms with Crippen LogP contribution in [0.25, 0.3) is 0 Å². The van der Waals surface area contributed by atoms with Gasteiger partial charge in [-0.1, -0.05) is 12.8 Å². The van der Waals surface area contributed by atoms with Crippen molar-refractivity contribution >= 4 is 14.0 Å². The summed E-state index contributed by atoms with van der Waals surface area (Å²) in [6.07, 6.45) is 5.93. The van der Waals surface area contributed by atoms with Gasteiger partial charge in [0, 0.05) is 0 Å². The Morgan fingerprint density at radius 2 is 2.08 bits per heavy atom. The zero-order valence-corrected chi connectivity index (χ0v) is 8.12. The highest BCUT2D eigenvalue weighted by molar-refractivity contribution is 6.06. The van der Waals surface area contributed by atoms with Crippen molar-refractivity contribution in [3.8, 4) is 0 Å². The van der Waals surface area contributed by atoms with Crippen LogP contribution < -0.4 is 0 Å². The summed E-state index contributed by atoms with van der Waals surface area (Å²) in [4.78, 5) is 12.9. The first-order valence-corrected chi connectivity index (χ1v) is 5.06. The predicted molar refractivity (Wildman–Crippen MR) is 52.2 cm³/mol. The fourth-order valence-corrected chi connectivity index (χ4v) is 3.03. The van der Waals surface area contributed by atoms with Crippen molar-refractivity contribution in [1.29, 1.82) is 0 Å².